The minimum atomic E-state index is -0.607. The van der Waals surface area contributed by atoms with Crippen molar-refractivity contribution >= 4 is 164 Å². The van der Waals surface area contributed by atoms with Gasteiger partial charge in [-0.05, 0) is 103 Å². The van der Waals surface area contributed by atoms with Gasteiger partial charge in [0.2, 0.25) is 5.60 Å². The Labute approximate surface area is 391 Å². The Hall–Kier alpha value is -3.51. The van der Waals surface area contributed by atoms with Gasteiger partial charge in [-0.3, -0.25) is 9.59 Å². The van der Waals surface area contributed by atoms with Crippen molar-refractivity contribution in [2.45, 2.75) is 32.0 Å². The lowest BCUT2D eigenvalue weighted by Gasteiger charge is -2.25. The predicted octanol–water partition coefficient (Wildman–Crippen LogP) is 14.1. The van der Waals surface area contributed by atoms with E-state index in [1.807, 2.05) is 81.4 Å². The molecule has 2 amide bonds. The summed E-state index contributed by atoms with van der Waals surface area (Å²) >= 11 is 33.9. The van der Waals surface area contributed by atoms with Crippen molar-refractivity contribution in [3.05, 3.63) is 149 Å². The van der Waals surface area contributed by atoms with Crippen LogP contribution in [-0.4, -0.2) is 40.1 Å². The van der Waals surface area contributed by atoms with Gasteiger partial charge in [0.15, 0.2) is 0 Å². The van der Waals surface area contributed by atoms with Crippen LogP contribution < -0.4 is 16.1 Å². The zero-order valence-corrected chi connectivity index (χ0v) is 39.6. The van der Waals surface area contributed by atoms with E-state index in [4.69, 9.17) is 55.7 Å². The monoisotopic (exact) mass is 1010 g/mol. The molecule has 1 unspecified atom stereocenters. The summed E-state index contributed by atoms with van der Waals surface area (Å²) in [6.07, 6.45) is 0. The molecule has 1 aliphatic heterocycles. The van der Waals surface area contributed by atoms with Crippen molar-refractivity contribution in [2.24, 2.45) is 0 Å². The van der Waals surface area contributed by atoms with E-state index >= 15 is 0 Å². The molecule has 0 spiro atoms. The second kappa shape index (κ2) is 18.9. The van der Waals surface area contributed by atoms with Gasteiger partial charge in [0.25, 0.3) is 11.8 Å². The molecular formula is C42H31BBrCl4N4O4S4+. The molecule has 304 valence electrons. The summed E-state index contributed by atoms with van der Waals surface area (Å²) in [5, 5.41) is 7.86. The molecular weight excluding hydrogens is 985 g/mol. The van der Waals surface area contributed by atoms with Crippen LogP contribution in [0.3, 0.4) is 0 Å². The van der Waals surface area contributed by atoms with Gasteiger partial charge in [-0.15, -0.1) is 45.3 Å². The van der Waals surface area contributed by atoms with Gasteiger partial charge in [-0.1, -0.05) is 70.7 Å². The number of fused-ring (bicyclic) bond motifs is 2. The molecule has 0 saturated carbocycles. The average Bonchev–Trinajstić information content (AvgIpc) is 4.05. The second-order valence-corrected chi connectivity index (χ2v) is 20.7. The van der Waals surface area contributed by atoms with E-state index in [1.54, 1.807) is 70.1 Å². The molecule has 2 N–H and O–H groups in total. The molecule has 0 aliphatic carbocycles. The normalized spacial score (nSPS) is 15.6. The minimum absolute atomic E-state index is 0.149. The Morgan fingerprint density at radius 2 is 1.22 bits per heavy atom. The zero-order valence-electron chi connectivity index (χ0n) is 31.7. The van der Waals surface area contributed by atoms with Crippen LogP contribution in [0.1, 0.15) is 40.1 Å². The number of hydrogen-bond donors (Lipinski definition) is 2. The number of para-hydroxylation sites is 2. The molecule has 1 atom stereocenters. The minimum Gasteiger partial charge on any atom is -0.395 e. The maximum atomic E-state index is 12.5. The molecule has 1 aliphatic rings. The highest BCUT2D eigenvalue weighted by molar-refractivity contribution is 9.11. The number of thiazole rings is 2. The van der Waals surface area contributed by atoms with Crippen molar-refractivity contribution in [3.63, 3.8) is 0 Å². The summed E-state index contributed by atoms with van der Waals surface area (Å²) in [6.45, 7) is 9.95. The molecule has 5 heterocycles. The Kier molecular flexibility index (Phi) is 14.0. The Bertz CT molecular complexity index is 2830. The predicted molar refractivity (Wildman–Crippen MR) is 259 cm³/mol. The number of carbonyl (C=O) groups is 2. The molecule has 8 aromatic rings. The topological polar surface area (TPSA) is 102 Å². The molecule has 60 heavy (non-hydrogen) atoms. The van der Waals surface area contributed by atoms with E-state index in [9.17, 15) is 9.59 Å². The van der Waals surface area contributed by atoms with Crippen molar-refractivity contribution in [2.75, 3.05) is 10.6 Å². The summed E-state index contributed by atoms with van der Waals surface area (Å²) in [5.41, 5.74) is 7.25. The first-order valence-corrected chi connectivity index (χ1v) is 23.5. The van der Waals surface area contributed by atoms with Crippen molar-refractivity contribution < 1.29 is 18.9 Å². The quantitative estimate of drug-likeness (QED) is 0.127. The summed E-state index contributed by atoms with van der Waals surface area (Å²) < 4.78 is 15.0. The first kappa shape index (κ1) is 44.5. The Balaban J connectivity index is 0.000000140. The van der Waals surface area contributed by atoms with Crippen LogP contribution in [-0.2, 0) is 9.31 Å². The summed E-state index contributed by atoms with van der Waals surface area (Å²) in [5.74, 6) is -0.344. The number of nitrogens with zero attached hydrogens (tertiary/aromatic N) is 2. The number of thiophene rings is 2. The Morgan fingerprint density at radius 3 is 1.75 bits per heavy atom. The zero-order chi connectivity index (χ0) is 42.8. The highest BCUT2D eigenvalue weighted by Gasteiger charge is 2.57. The van der Waals surface area contributed by atoms with E-state index in [-0.39, 0.29) is 11.8 Å². The summed E-state index contributed by atoms with van der Waals surface area (Å²) in [6, 6.07) is 29.3. The fraction of sp³-hybridized carbons (Fsp3) is 0.119. The fourth-order valence-corrected chi connectivity index (χ4v) is 10.1. The smallest absolute Gasteiger partial charge is 0.395 e. The second-order valence-electron chi connectivity index (χ2n) is 13.8. The third kappa shape index (κ3) is 10.2. The van der Waals surface area contributed by atoms with Gasteiger partial charge in [0.05, 0.1) is 78.4 Å². The molecule has 9 rings (SSSR count). The number of anilines is 2. The summed E-state index contributed by atoms with van der Waals surface area (Å²) in [7, 11) is -0.489. The van der Waals surface area contributed by atoms with Crippen LogP contribution in [0, 0.1) is 6.92 Å². The van der Waals surface area contributed by atoms with Gasteiger partial charge in [0.1, 0.15) is 5.60 Å². The van der Waals surface area contributed by atoms with E-state index in [1.165, 1.54) is 22.7 Å². The fourth-order valence-electron chi connectivity index (χ4n) is 5.60. The van der Waals surface area contributed by atoms with E-state index < -0.39 is 18.3 Å². The third-order valence-corrected chi connectivity index (χ3v) is 14.9. The number of carbonyl (C=O) groups excluding carboxylic acids is 2. The van der Waals surface area contributed by atoms with Crippen LogP contribution in [0.5, 0.6) is 0 Å². The molecule has 18 heteroatoms. The van der Waals surface area contributed by atoms with Gasteiger partial charge in [-0.2, -0.15) is 0 Å². The van der Waals surface area contributed by atoms with Gasteiger partial charge in [0, 0.05) is 27.8 Å². The van der Waals surface area contributed by atoms with Gasteiger partial charge < -0.3 is 19.9 Å². The van der Waals surface area contributed by atoms with Crippen LogP contribution >= 0.6 is 108 Å². The van der Waals surface area contributed by atoms with Gasteiger partial charge in [-0.25, -0.2) is 9.97 Å². The first-order valence-electron chi connectivity index (χ1n) is 17.8. The third-order valence-electron chi connectivity index (χ3n) is 9.30. The summed E-state index contributed by atoms with van der Waals surface area (Å²) in [4.78, 5) is 34.9. The number of halogens is 5. The van der Waals surface area contributed by atoms with Crippen molar-refractivity contribution in [3.8, 4) is 10.4 Å². The van der Waals surface area contributed by atoms with Crippen LogP contribution in [0.2, 0.25) is 20.1 Å². The molecule has 0 bridgehead atoms. The average molecular weight is 1020 g/mol. The van der Waals surface area contributed by atoms with Gasteiger partial charge >= 0.3 is 7.12 Å². The number of benzene rings is 4. The largest absolute Gasteiger partial charge is 0.499 e. The number of amides is 2. The van der Waals surface area contributed by atoms with E-state index in [0.717, 1.165) is 40.1 Å². The van der Waals surface area contributed by atoms with Crippen LogP contribution in [0.15, 0.2) is 112 Å². The lowest BCUT2D eigenvalue weighted by molar-refractivity contribution is 0.0262. The highest BCUT2D eigenvalue weighted by atomic mass is 79.9. The maximum absolute atomic E-state index is 12.5. The highest BCUT2D eigenvalue weighted by Crippen LogP contribution is 2.39. The first-order chi connectivity index (χ1) is 28.6. The molecule has 1 fully saturated rings. The lowest BCUT2D eigenvalue weighted by Crippen LogP contribution is -2.42. The molecule has 0 radical (unpaired) electrons. The molecule has 1 saturated heterocycles. The number of aromatic nitrogens is 2. The molecule has 4 aromatic heterocycles. The SMILES string of the molecule is O=C(Nc1ccccc1Cl)c1ccc(-c2cc3scnc3cc2Cl)s1.O=C(Nc1ccccc1Cl)c1ccc(Br)s1.[CH2+]C1(C)OB(c2cc3scnc3cc2Cl)OC1(C)C. The van der Waals surface area contributed by atoms with Crippen LogP contribution in [0.25, 0.3) is 30.9 Å². The lowest BCUT2D eigenvalue weighted by atomic mass is 9.79. The van der Waals surface area contributed by atoms with Crippen molar-refractivity contribution in [1.82, 2.24) is 9.97 Å². The number of rotatable bonds is 6. The standard InChI is InChI=1S/C18H10Cl2N2OS2.C13H14BClNO2S.C11H7BrClNOS/c19-11-3-1-2-4-13(11)22-18(23)16-6-5-15(25-16)10-7-17-14(8-12(10)20)21-9-24-17;1-12(2)13(3,4)18-14(17-12)8-5-11-10(6-9(8)15)16-7-19-11;12-10-6-5-9(16-10)11(15)14-8-4-2-1-3-7(8)13/h1-9H,(H,22,23);5-7H,1H2,2-4H3;1-6H,(H,14,15)/q;+1;. The number of hydrogen-bond acceptors (Lipinski definition) is 10. The van der Waals surface area contributed by atoms with E-state index in [0.29, 0.717) is 41.2 Å². The van der Waals surface area contributed by atoms with E-state index in [2.05, 4.69) is 43.5 Å². The molecule has 8 nitrogen and oxygen atoms in total. The van der Waals surface area contributed by atoms with Crippen molar-refractivity contribution in [1.29, 1.82) is 0 Å². The maximum Gasteiger partial charge on any atom is 0.499 e. The van der Waals surface area contributed by atoms with Crippen LogP contribution in [0.4, 0.5) is 11.4 Å². The molecule has 4 aromatic carbocycles. The number of nitrogens with one attached hydrogen (secondary N) is 2. The Morgan fingerprint density at radius 1 is 0.683 bits per heavy atom.